The average molecular weight is 255 g/mol. The Bertz CT molecular complexity index is 434. The van der Waals surface area contributed by atoms with E-state index in [4.69, 9.17) is 17.3 Å². The maximum Gasteiger partial charge on any atom is 0.416 e. The van der Waals surface area contributed by atoms with Crippen molar-refractivity contribution < 1.29 is 18.1 Å². The molecule has 1 aromatic rings. The monoisotopic (exact) mass is 254 g/mol. The minimum absolute atomic E-state index is 0.108. The molecule has 0 aliphatic carbocycles. The molecule has 0 bridgehead atoms. The van der Waals surface area contributed by atoms with Crippen molar-refractivity contribution in [2.75, 3.05) is 0 Å². The molecule has 1 rings (SSSR count). The lowest BCUT2D eigenvalue weighted by Crippen LogP contribution is -2.09. The lowest BCUT2D eigenvalue weighted by molar-refractivity contribution is -0.385. The topological polar surface area (TPSA) is 69.2 Å². The summed E-state index contributed by atoms with van der Waals surface area (Å²) in [5, 5.41) is 10.1. The highest BCUT2D eigenvalue weighted by molar-refractivity contribution is 6.33. The van der Waals surface area contributed by atoms with Gasteiger partial charge < -0.3 is 5.73 Å². The minimum Gasteiger partial charge on any atom is -0.326 e. The fraction of sp³-hybridized carbons (Fsp3) is 0.250. The van der Waals surface area contributed by atoms with Gasteiger partial charge in [-0.05, 0) is 11.6 Å². The standard InChI is InChI=1S/C8H6ClF3N2O2/c9-7-4(3-13)1-5(8(10,11)12)2-6(7)14(15)16/h1-2H,3,13H2. The Morgan fingerprint density at radius 1 is 1.44 bits per heavy atom. The highest BCUT2D eigenvalue weighted by atomic mass is 35.5. The molecule has 8 heteroatoms. The Labute approximate surface area is 93.0 Å². The van der Waals surface area contributed by atoms with Crippen molar-refractivity contribution in [3.63, 3.8) is 0 Å². The van der Waals surface area contributed by atoms with Crippen LogP contribution in [0.25, 0.3) is 0 Å². The van der Waals surface area contributed by atoms with Crippen LogP contribution in [0.4, 0.5) is 18.9 Å². The van der Waals surface area contributed by atoms with E-state index in [1.54, 1.807) is 0 Å². The zero-order chi connectivity index (χ0) is 12.5. The molecule has 0 aliphatic rings. The summed E-state index contributed by atoms with van der Waals surface area (Å²) in [5.74, 6) is 0. The van der Waals surface area contributed by atoms with Crippen LogP contribution in [0.5, 0.6) is 0 Å². The molecule has 0 saturated heterocycles. The zero-order valence-electron chi connectivity index (χ0n) is 7.71. The number of hydrogen-bond acceptors (Lipinski definition) is 3. The molecule has 4 nitrogen and oxygen atoms in total. The minimum atomic E-state index is -4.67. The predicted octanol–water partition coefficient (Wildman–Crippen LogP) is 2.73. The molecule has 0 radical (unpaired) electrons. The van der Waals surface area contributed by atoms with E-state index < -0.39 is 22.4 Å². The number of rotatable bonds is 2. The Morgan fingerprint density at radius 2 is 2.00 bits per heavy atom. The molecule has 0 aromatic heterocycles. The second-order valence-electron chi connectivity index (χ2n) is 2.93. The number of hydrogen-bond donors (Lipinski definition) is 1. The fourth-order valence-electron chi connectivity index (χ4n) is 1.11. The number of nitro groups is 1. The summed E-state index contributed by atoms with van der Waals surface area (Å²) < 4.78 is 37.1. The van der Waals surface area contributed by atoms with Crippen LogP contribution in [-0.4, -0.2) is 4.92 Å². The number of nitrogens with zero attached hydrogens (tertiary/aromatic N) is 1. The summed E-state index contributed by atoms with van der Waals surface area (Å²) in [4.78, 5) is 9.51. The van der Waals surface area contributed by atoms with Crippen LogP contribution in [0.2, 0.25) is 5.02 Å². The van der Waals surface area contributed by atoms with Crippen molar-refractivity contribution in [2.24, 2.45) is 5.73 Å². The second-order valence-corrected chi connectivity index (χ2v) is 3.31. The smallest absolute Gasteiger partial charge is 0.326 e. The molecule has 0 spiro atoms. The number of benzene rings is 1. The molecule has 2 N–H and O–H groups in total. The van der Waals surface area contributed by atoms with Crippen molar-refractivity contribution in [2.45, 2.75) is 12.7 Å². The number of nitrogens with two attached hydrogens (primary N) is 1. The van der Waals surface area contributed by atoms with Crippen molar-refractivity contribution in [3.8, 4) is 0 Å². The molecule has 0 aliphatic heterocycles. The Morgan fingerprint density at radius 3 is 2.38 bits per heavy atom. The van der Waals surface area contributed by atoms with Gasteiger partial charge in [-0.15, -0.1) is 0 Å². The van der Waals surface area contributed by atoms with Gasteiger partial charge in [-0.25, -0.2) is 0 Å². The summed E-state index contributed by atoms with van der Waals surface area (Å²) in [6.07, 6.45) is -4.67. The predicted molar refractivity (Wildman–Crippen MR) is 51.0 cm³/mol. The van der Waals surface area contributed by atoms with Gasteiger partial charge >= 0.3 is 6.18 Å². The van der Waals surface area contributed by atoms with Gasteiger partial charge in [0.1, 0.15) is 5.02 Å². The molecule has 1 aromatic carbocycles. The van der Waals surface area contributed by atoms with Gasteiger partial charge in [0.2, 0.25) is 0 Å². The van der Waals surface area contributed by atoms with E-state index >= 15 is 0 Å². The van der Waals surface area contributed by atoms with Crippen molar-refractivity contribution in [1.29, 1.82) is 0 Å². The molecule has 0 amide bonds. The third-order valence-electron chi connectivity index (χ3n) is 1.87. The van der Waals surface area contributed by atoms with Crippen molar-refractivity contribution >= 4 is 17.3 Å². The number of halogens is 4. The summed E-state index contributed by atoms with van der Waals surface area (Å²) in [7, 11) is 0. The van der Waals surface area contributed by atoms with E-state index in [-0.39, 0.29) is 17.1 Å². The first-order chi connectivity index (χ1) is 7.27. The summed E-state index contributed by atoms with van der Waals surface area (Å²) in [6, 6.07) is 1.09. The van der Waals surface area contributed by atoms with Crippen molar-refractivity contribution in [3.05, 3.63) is 38.4 Å². The van der Waals surface area contributed by atoms with Gasteiger partial charge in [0.25, 0.3) is 5.69 Å². The maximum absolute atomic E-state index is 12.4. The Hall–Kier alpha value is -1.34. The molecular formula is C8H6ClF3N2O2. The summed E-state index contributed by atoms with van der Waals surface area (Å²) in [6.45, 7) is -0.302. The van der Waals surface area contributed by atoms with Crippen LogP contribution in [0.15, 0.2) is 12.1 Å². The molecule has 88 valence electrons. The average Bonchev–Trinajstić information content (AvgIpc) is 2.15. The molecule has 0 atom stereocenters. The zero-order valence-corrected chi connectivity index (χ0v) is 8.47. The fourth-order valence-corrected chi connectivity index (χ4v) is 1.37. The van der Waals surface area contributed by atoms with E-state index in [2.05, 4.69) is 0 Å². The molecule has 0 fully saturated rings. The van der Waals surface area contributed by atoms with E-state index in [9.17, 15) is 23.3 Å². The first-order valence-electron chi connectivity index (χ1n) is 4.01. The van der Waals surface area contributed by atoms with Gasteiger partial charge in [-0.1, -0.05) is 11.6 Å². The molecule has 0 unspecified atom stereocenters. The number of nitro benzene ring substituents is 1. The SMILES string of the molecule is NCc1cc(C(F)(F)F)cc([N+](=O)[O-])c1Cl. The van der Waals surface area contributed by atoms with Crippen molar-refractivity contribution in [1.82, 2.24) is 0 Å². The molecule has 0 heterocycles. The van der Waals surface area contributed by atoms with Crippen LogP contribution in [0.3, 0.4) is 0 Å². The highest BCUT2D eigenvalue weighted by Crippen LogP contribution is 2.36. The van der Waals surface area contributed by atoms with Gasteiger partial charge in [-0.2, -0.15) is 13.2 Å². The van der Waals surface area contributed by atoms with Gasteiger partial charge in [-0.3, -0.25) is 10.1 Å². The van der Waals surface area contributed by atoms with Crippen LogP contribution in [0.1, 0.15) is 11.1 Å². The van der Waals surface area contributed by atoms with E-state index in [1.165, 1.54) is 0 Å². The lowest BCUT2D eigenvalue weighted by Gasteiger charge is -2.09. The third-order valence-corrected chi connectivity index (χ3v) is 2.31. The van der Waals surface area contributed by atoms with Gasteiger partial charge in [0.05, 0.1) is 10.5 Å². The van der Waals surface area contributed by atoms with Crippen LogP contribution < -0.4 is 5.73 Å². The first-order valence-corrected chi connectivity index (χ1v) is 4.39. The van der Waals surface area contributed by atoms with Gasteiger partial charge in [0.15, 0.2) is 0 Å². The third kappa shape index (κ3) is 2.42. The Balaban J connectivity index is 3.46. The normalized spacial score (nSPS) is 11.6. The second kappa shape index (κ2) is 4.26. The lowest BCUT2D eigenvalue weighted by atomic mass is 10.1. The van der Waals surface area contributed by atoms with E-state index in [0.29, 0.717) is 12.1 Å². The van der Waals surface area contributed by atoms with E-state index in [0.717, 1.165) is 0 Å². The number of alkyl halides is 3. The summed E-state index contributed by atoms with van der Waals surface area (Å²) in [5.41, 5.74) is 3.12. The Kier molecular flexibility index (Phi) is 3.39. The largest absolute Gasteiger partial charge is 0.416 e. The van der Waals surface area contributed by atoms with Crippen LogP contribution in [-0.2, 0) is 12.7 Å². The van der Waals surface area contributed by atoms with Crippen LogP contribution >= 0.6 is 11.6 Å². The highest BCUT2D eigenvalue weighted by Gasteiger charge is 2.34. The van der Waals surface area contributed by atoms with E-state index in [1.807, 2.05) is 0 Å². The molecule has 16 heavy (non-hydrogen) atoms. The molecular weight excluding hydrogens is 249 g/mol. The quantitative estimate of drug-likeness (QED) is 0.652. The van der Waals surface area contributed by atoms with Crippen LogP contribution in [0, 0.1) is 10.1 Å². The summed E-state index contributed by atoms with van der Waals surface area (Å²) >= 11 is 5.54. The first kappa shape index (κ1) is 12.7. The van der Waals surface area contributed by atoms with Gasteiger partial charge in [0, 0.05) is 12.6 Å². The maximum atomic E-state index is 12.4. The molecule has 0 saturated carbocycles.